The summed E-state index contributed by atoms with van der Waals surface area (Å²) in [6.07, 6.45) is 2.82. The molecule has 0 heterocycles. The third kappa shape index (κ3) is 1.91. The van der Waals surface area contributed by atoms with Crippen molar-refractivity contribution < 1.29 is 14.7 Å². The minimum atomic E-state index is -0.957. The lowest BCUT2D eigenvalue weighted by Gasteiger charge is -2.10. The summed E-state index contributed by atoms with van der Waals surface area (Å²) in [5, 5.41) is 11.7. The first kappa shape index (κ1) is 10.7. The van der Waals surface area contributed by atoms with Crippen LogP contribution in [-0.4, -0.2) is 17.0 Å². The first-order valence-corrected chi connectivity index (χ1v) is 5.24. The van der Waals surface area contributed by atoms with Gasteiger partial charge in [0.25, 0.3) is 0 Å². The van der Waals surface area contributed by atoms with Crippen LogP contribution >= 0.6 is 0 Å². The first-order valence-electron chi connectivity index (χ1n) is 5.24. The number of aryl methyl sites for hydroxylation is 1. The molecule has 1 aliphatic carbocycles. The summed E-state index contributed by atoms with van der Waals surface area (Å²) < 4.78 is 0. The van der Waals surface area contributed by atoms with Gasteiger partial charge in [-0.2, -0.15) is 0 Å². The van der Waals surface area contributed by atoms with E-state index in [-0.39, 0.29) is 11.5 Å². The topological polar surface area (TPSA) is 66.4 Å². The highest BCUT2D eigenvalue weighted by atomic mass is 16.4. The first-order chi connectivity index (χ1) is 7.58. The third-order valence-electron chi connectivity index (χ3n) is 2.77. The Morgan fingerprint density at radius 2 is 2.06 bits per heavy atom. The van der Waals surface area contributed by atoms with E-state index in [1.807, 2.05) is 0 Å². The number of hydrogen-bond acceptors (Lipinski definition) is 2. The van der Waals surface area contributed by atoms with Crippen LogP contribution in [0.5, 0.6) is 0 Å². The highest BCUT2D eigenvalue weighted by Crippen LogP contribution is 2.30. The van der Waals surface area contributed by atoms with Gasteiger partial charge in [0.1, 0.15) is 0 Å². The van der Waals surface area contributed by atoms with Gasteiger partial charge in [-0.3, -0.25) is 4.79 Å². The molecule has 0 saturated heterocycles. The number of benzene rings is 1. The van der Waals surface area contributed by atoms with E-state index in [2.05, 4.69) is 5.32 Å². The van der Waals surface area contributed by atoms with Gasteiger partial charge < -0.3 is 10.4 Å². The van der Waals surface area contributed by atoms with Crippen LogP contribution in [0.2, 0.25) is 0 Å². The standard InChI is InChI=1S/C12H13NO3/c1-7(14)13-11-6-9(12(15)16)5-8-3-2-4-10(8)11/h5-6H,2-4H2,1H3,(H,13,14)(H,15,16). The van der Waals surface area contributed by atoms with E-state index in [1.54, 1.807) is 6.07 Å². The number of rotatable bonds is 2. The lowest BCUT2D eigenvalue weighted by Crippen LogP contribution is -2.10. The quantitative estimate of drug-likeness (QED) is 0.797. The molecular weight excluding hydrogens is 206 g/mol. The minimum Gasteiger partial charge on any atom is -0.478 e. The number of carboxylic acids is 1. The Labute approximate surface area is 93.3 Å². The highest BCUT2D eigenvalue weighted by molar-refractivity contribution is 5.94. The van der Waals surface area contributed by atoms with Crippen molar-refractivity contribution in [3.8, 4) is 0 Å². The number of anilines is 1. The number of nitrogens with one attached hydrogen (secondary N) is 1. The molecular formula is C12H13NO3. The lowest BCUT2D eigenvalue weighted by atomic mass is 10.0. The fourth-order valence-corrected chi connectivity index (χ4v) is 2.13. The third-order valence-corrected chi connectivity index (χ3v) is 2.77. The second-order valence-corrected chi connectivity index (χ2v) is 4.00. The van der Waals surface area contributed by atoms with Gasteiger partial charge in [-0.05, 0) is 42.5 Å². The van der Waals surface area contributed by atoms with Gasteiger partial charge in [0.05, 0.1) is 5.56 Å². The zero-order valence-corrected chi connectivity index (χ0v) is 9.04. The van der Waals surface area contributed by atoms with Crippen LogP contribution in [0.3, 0.4) is 0 Å². The number of carbonyl (C=O) groups is 2. The minimum absolute atomic E-state index is 0.170. The van der Waals surface area contributed by atoms with E-state index >= 15 is 0 Å². The maximum Gasteiger partial charge on any atom is 0.335 e. The SMILES string of the molecule is CC(=O)Nc1cc(C(=O)O)cc2c1CCC2. The van der Waals surface area contributed by atoms with E-state index in [9.17, 15) is 9.59 Å². The Morgan fingerprint density at radius 1 is 1.31 bits per heavy atom. The molecule has 0 atom stereocenters. The van der Waals surface area contributed by atoms with Crippen LogP contribution in [0.4, 0.5) is 5.69 Å². The number of carbonyl (C=O) groups excluding carboxylic acids is 1. The van der Waals surface area contributed by atoms with Crippen molar-refractivity contribution in [2.24, 2.45) is 0 Å². The van der Waals surface area contributed by atoms with Crippen molar-refractivity contribution >= 4 is 17.6 Å². The van der Waals surface area contributed by atoms with Crippen LogP contribution in [0.25, 0.3) is 0 Å². The number of aromatic carboxylic acids is 1. The Morgan fingerprint density at radius 3 is 2.69 bits per heavy atom. The Hall–Kier alpha value is -1.84. The molecule has 16 heavy (non-hydrogen) atoms. The molecule has 0 aliphatic heterocycles. The summed E-state index contributed by atoms with van der Waals surface area (Å²) in [6, 6.07) is 3.24. The molecule has 1 amide bonds. The fraction of sp³-hybridized carbons (Fsp3) is 0.333. The Balaban J connectivity index is 2.49. The molecule has 1 aromatic carbocycles. The normalized spacial score (nSPS) is 13.3. The molecule has 84 valence electrons. The molecule has 2 rings (SSSR count). The van der Waals surface area contributed by atoms with Gasteiger partial charge >= 0.3 is 5.97 Å². The summed E-state index contributed by atoms with van der Waals surface area (Å²) in [5.74, 6) is -1.13. The maximum absolute atomic E-state index is 11.0. The molecule has 4 heteroatoms. The molecule has 0 radical (unpaired) electrons. The zero-order chi connectivity index (χ0) is 11.7. The van der Waals surface area contributed by atoms with Crippen molar-refractivity contribution in [3.05, 3.63) is 28.8 Å². The van der Waals surface area contributed by atoms with Crippen molar-refractivity contribution in [2.45, 2.75) is 26.2 Å². The predicted molar refractivity (Wildman–Crippen MR) is 59.7 cm³/mol. The monoisotopic (exact) mass is 219 g/mol. The highest BCUT2D eigenvalue weighted by Gasteiger charge is 2.18. The molecule has 0 spiro atoms. The van der Waals surface area contributed by atoms with Crippen LogP contribution in [0, 0.1) is 0 Å². The predicted octanol–water partition coefficient (Wildman–Crippen LogP) is 1.83. The van der Waals surface area contributed by atoms with E-state index in [1.165, 1.54) is 13.0 Å². The van der Waals surface area contributed by atoms with Crippen LogP contribution in [0.1, 0.15) is 34.8 Å². The molecule has 0 unspecified atom stereocenters. The van der Waals surface area contributed by atoms with Gasteiger partial charge in [0.2, 0.25) is 5.91 Å². The summed E-state index contributed by atoms with van der Waals surface area (Å²) in [4.78, 5) is 22.0. The summed E-state index contributed by atoms with van der Waals surface area (Å²) in [6.45, 7) is 1.43. The smallest absolute Gasteiger partial charge is 0.335 e. The van der Waals surface area contributed by atoms with E-state index in [0.717, 1.165) is 30.4 Å². The summed E-state index contributed by atoms with van der Waals surface area (Å²) in [7, 11) is 0. The number of hydrogen-bond donors (Lipinski definition) is 2. The lowest BCUT2D eigenvalue weighted by molar-refractivity contribution is -0.114. The van der Waals surface area contributed by atoms with E-state index < -0.39 is 5.97 Å². The molecule has 0 aromatic heterocycles. The molecule has 4 nitrogen and oxygen atoms in total. The molecule has 0 bridgehead atoms. The van der Waals surface area contributed by atoms with Crippen molar-refractivity contribution in [1.82, 2.24) is 0 Å². The summed E-state index contributed by atoms with van der Waals surface area (Å²) in [5.41, 5.74) is 3.02. The van der Waals surface area contributed by atoms with Crippen LogP contribution in [-0.2, 0) is 17.6 Å². The van der Waals surface area contributed by atoms with Crippen LogP contribution < -0.4 is 5.32 Å². The van der Waals surface area contributed by atoms with Gasteiger partial charge in [-0.1, -0.05) is 0 Å². The zero-order valence-electron chi connectivity index (χ0n) is 9.04. The number of amides is 1. The Bertz CT molecular complexity index is 466. The largest absolute Gasteiger partial charge is 0.478 e. The fourth-order valence-electron chi connectivity index (χ4n) is 2.13. The van der Waals surface area contributed by atoms with Crippen molar-refractivity contribution in [3.63, 3.8) is 0 Å². The molecule has 0 saturated carbocycles. The maximum atomic E-state index is 11.0. The number of carboxylic acid groups (broad SMARTS) is 1. The van der Waals surface area contributed by atoms with E-state index in [0.29, 0.717) is 5.69 Å². The van der Waals surface area contributed by atoms with Gasteiger partial charge in [-0.15, -0.1) is 0 Å². The Kier molecular flexibility index (Phi) is 2.64. The molecule has 2 N–H and O–H groups in total. The molecule has 1 aromatic rings. The number of fused-ring (bicyclic) bond motifs is 1. The van der Waals surface area contributed by atoms with Crippen LogP contribution in [0.15, 0.2) is 12.1 Å². The molecule has 0 fully saturated rings. The average molecular weight is 219 g/mol. The van der Waals surface area contributed by atoms with Crippen molar-refractivity contribution in [1.29, 1.82) is 0 Å². The van der Waals surface area contributed by atoms with Gasteiger partial charge in [0, 0.05) is 12.6 Å². The van der Waals surface area contributed by atoms with E-state index in [4.69, 9.17) is 5.11 Å². The van der Waals surface area contributed by atoms with Gasteiger partial charge in [-0.25, -0.2) is 4.79 Å². The van der Waals surface area contributed by atoms with Crippen molar-refractivity contribution in [2.75, 3.05) is 5.32 Å². The average Bonchev–Trinajstić information content (AvgIpc) is 2.64. The van der Waals surface area contributed by atoms with Gasteiger partial charge in [0.15, 0.2) is 0 Å². The second kappa shape index (κ2) is 3.96. The summed E-state index contributed by atoms with van der Waals surface area (Å²) >= 11 is 0. The second-order valence-electron chi connectivity index (χ2n) is 4.00. The molecule has 1 aliphatic rings.